The van der Waals surface area contributed by atoms with Gasteiger partial charge < -0.3 is 9.47 Å². The van der Waals surface area contributed by atoms with Gasteiger partial charge in [-0.2, -0.15) is 0 Å². The van der Waals surface area contributed by atoms with Crippen LogP contribution < -0.4 is 9.64 Å². The van der Waals surface area contributed by atoms with Gasteiger partial charge in [-0.15, -0.1) is 0 Å². The number of aromatic nitrogens is 1. The van der Waals surface area contributed by atoms with Gasteiger partial charge in [0.2, 0.25) is 17.6 Å². The number of hydrogen-bond acceptors (Lipinski definition) is 7. The highest BCUT2D eigenvalue weighted by Gasteiger charge is 2.50. The van der Waals surface area contributed by atoms with Crippen molar-refractivity contribution in [3.8, 4) is 17.0 Å². The van der Waals surface area contributed by atoms with Crippen molar-refractivity contribution in [3.63, 3.8) is 0 Å². The van der Waals surface area contributed by atoms with Crippen LogP contribution in [0.5, 0.6) is 5.75 Å². The number of imide groups is 1. The summed E-state index contributed by atoms with van der Waals surface area (Å²) in [6, 6.07) is 29.1. The minimum atomic E-state index is -1.07. The van der Waals surface area contributed by atoms with Gasteiger partial charge in [-0.05, 0) is 91.4 Å². The number of pyridine rings is 1. The number of hydrogen-bond donors (Lipinski definition) is 0. The quantitative estimate of drug-likeness (QED) is 0.0607. The summed E-state index contributed by atoms with van der Waals surface area (Å²) in [7, 11) is 0. The van der Waals surface area contributed by atoms with Crippen LogP contribution in [0.25, 0.3) is 22.2 Å². The number of rotatable bonds is 10. The molecule has 0 spiro atoms. The molecule has 8 nitrogen and oxygen atoms in total. The van der Waals surface area contributed by atoms with E-state index in [0.29, 0.717) is 58.6 Å². The Hall–Kier alpha value is -5.41. The van der Waals surface area contributed by atoms with Crippen molar-refractivity contribution in [2.75, 3.05) is 4.90 Å². The third kappa shape index (κ3) is 6.80. The molecule has 0 N–H and O–H groups in total. The summed E-state index contributed by atoms with van der Waals surface area (Å²) in [5.74, 6) is -1.44. The van der Waals surface area contributed by atoms with E-state index in [1.54, 1.807) is 61.5 Å². The number of ketones is 1. The molecular formula is C43H37BrN2O6. The van der Waals surface area contributed by atoms with E-state index in [2.05, 4.69) is 15.9 Å². The summed E-state index contributed by atoms with van der Waals surface area (Å²) in [4.78, 5) is 60.2. The van der Waals surface area contributed by atoms with Crippen LogP contribution >= 0.6 is 15.9 Å². The molecule has 1 aliphatic carbocycles. The zero-order valence-corrected chi connectivity index (χ0v) is 30.6. The Labute approximate surface area is 310 Å². The zero-order valence-electron chi connectivity index (χ0n) is 29.0. The van der Waals surface area contributed by atoms with E-state index in [9.17, 15) is 19.2 Å². The largest absolute Gasteiger partial charge is 0.489 e. The fourth-order valence-electron chi connectivity index (χ4n) is 7.10. The van der Waals surface area contributed by atoms with Crippen molar-refractivity contribution >= 4 is 56.1 Å². The molecule has 4 atom stereocenters. The van der Waals surface area contributed by atoms with Gasteiger partial charge in [0.25, 0.3) is 0 Å². The maximum Gasteiger partial charge on any atom is 0.339 e. The van der Waals surface area contributed by atoms with Gasteiger partial charge in [0.15, 0.2) is 6.10 Å². The lowest BCUT2D eigenvalue weighted by Gasteiger charge is -2.22. The molecule has 262 valence electrons. The van der Waals surface area contributed by atoms with Gasteiger partial charge in [0.1, 0.15) is 12.4 Å². The first-order valence-electron chi connectivity index (χ1n) is 17.4. The summed E-state index contributed by atoms with van der Waals surface area (Å²) in [5.41, 5.74) is 4.96. The van der Waals surface area contributed by atoms with Crippen LogP contribution in [0.3, 0.4) is 0 Å². The Kier molecular flexibility index (Phi) is 9.88. The molecule has 2 aliphatic rings. The molecule has 0 bridgehead atoms. The number of ether oxygens (including phenoxy) is 2. The van der Waals surface area contributed by atoms with Crippen LogP contribution in [0.15, 0.2) is 114 Å². The number of carbonyl (C=O) groups excluding carboxylic acids is 4. The predicted molar refractivity (Wildman–Crippen MR) is 203 cm³/mol. The minimum Gasteiger partial charge on any atom is -0.489 e. The molecule has 52 heavy (non-hydrogen) atoms. The molecule has 9 heteroatoms. The first-order valence-corrected chi connectivity index (χ1v) is 18.2. The number of halogens is 1. The molecule has 1 saturated heterocycles. The molecular weight excluding hydrogens is 720 g/mol. The van der Waals surface area contributed by atoms with Crippen molar-refractivity contribution in [3.05, 3.63) is 136 Å². The molecule has 4 aromatic carbocycles. The van der Waals surface area contributed by atoms with Crippen LogP contribution in [-0.2, 0) is 27.4 Å². The van der Waals surface area contributed by atoms with Gasteiger partial charge in [-0.1, -0.05) is 84.4 Å². The summed E-state index contributed by atoms with van der Waals surface area (Å²) in [6.07, 6.45) is 4.15. The number of fused-ring (bicyclic) bond motifs is 2. The summed E-state index contributed by atoms with van der Waals surface area (Å²) >= 11 is 3.57. The highest BCUT2D eigenvalue weighted by molar-refractivity contribution is 9.10. The SMILES string of the molecule is CCc1cc(Br)cc2c(C(=O)OC(C)C(=O)c3ccc(OCc4ccccc4)cc3)cc(-c3ccc(N4C(=O)C5CC=CC(C)C5C4=O)cc3)nc12. The zero-order chi connectivity index (χ0) is 36.5. The van der Waals surface area contributed by atoms with Gasteiger partial charge in [-0.25, -0.2) is 9.78 Å². The van der Waals surface area contributed by atoms with Crippen molar-refractivity contribution in [2.24, 2.45) is 17.8 Å². The molecule has 4 unspecified atom stereocenters. The molecule has 0 radical (unpaired) electrons. The smallest absolute Gasteiger partial charge is 0.339 e. The summed E-state index contributed by atoms with van der Waals surface area (Å²) in [6.45, 7) is 5.95. The fourth-order valence-corrected chi connectivity index (χ4v) is 7.60. The van der Waals surface area contributed by atoms with Gasteiger partial charge in [0.05, 0.1) is 34.3 Å². The Morgan fingerprint density at radius 1 is 0.942 bits per heavy atom. The second-order valence-electron chi connectivity index (χ2n) is 13.3. The molecule has 5 aromatic rings. The first-order chi connectivity index (χ1) is 25.1. The predicted octanol–water partition coefficient (Wildman–Crippen LogP) is 8.94. The molecule has 2 amide bonds. The maximum absolute atomic E-state index is 13.9. The lowest BCUT2D eigenvalue weighted by Crippen LogP contribution is -2.31. The third-order valence-corrected chi connectivity index (χ3v) is 10.3. The highest BCUT2D eigenvalue weighted by Crippen LogP contribution is 2.41. The first kappa shape index (κ1) is 35.0. The maximum atomic E-state index is 13.9. The molecule has 1 fully saturated rings. The monoisotopic (exact) mass is 756 g/mol. The van der Waals surface area contributed by atoms with Crippen LogP contribution in [0.2, 0.25) is 0 Å². The number of esters is 1. The van der Waals surface area contributed by atoms with E-state index in [0.717, 1.165) is 15.6 Å². The van der Waals surface area contributed by atoms with Crippen LogP contribution in [0.1, 0.15) is 59.0 Å². The second kappa shape index (κ2) is 14.7. The van der Waals surface area contributed by atoms with E-state index in [1.165, 1.54) is 4.90 Å². The van der Waals surface area contributed by atoms with E-state index in [1.807, 2.05) is 68.5 Å². The average molecular weight is 758 g/mol. The van der Waals surface area contributed by atoms with Crippen molar-refractivity contribution < 1.29 is 28.7 Å². The standard InChI is InChI=1S/C43H37BrN2O6/c1-4-28-21-31(44)22-35-36(43(50)52-26(3)40(47)30-15-19-33(20-16-30)51-24-27-10-6-5-7-11-27)23-37(45-39(28)35)29-13-17-32(18-14-29)46-41(48)34-12-8-9-25(2)38(34)42(46)49/h5-11,13-23,25-26,34,38H,4,12,24H2,1-3H3. The van der Waals surface area contributed by atoms with Gasteiger partial charge >= 0.3 is 5.97 Å². The van der Waals surface area contributed by atoms with E-state index < -0.39 is 12.1 Å². The van der Waals surface area contributed by atoms with Crippen LogP contribution in [0.4, 0.5) is 5.69 Å². The molecule has 1 aromatic heterocycles. The number of benzene rings is 4. The number of Topliss-reactive ketones (excluding diaryl/α,β-unsaturated/α-hetero) is 1. The Morgan fingerprint density at radius 3 is 2.37 bits per heavy atom. The normalized spacial score (nSPS) is 18.7. The number of allylic oxidation sites excluding steroid dienone is 2. The minimum absolute atomic E-state index is 0.00410. The van der Waals surface area contributed by atoms with Crippen molar-refractivity contribution in [1.82, 2.24) is 4.98 Å². The Balaban J connectivity index is 1.13. The van der Waals surface area contributed by atoms with E-state index in [-0.39, 0.29) is 40.9 Å². The second-order valence-corrected chi connectivity index (χ2v) is 14.2. The van der Waals surface area contributed by atoms with Crippen molar-refractivity contribution in [2.45, 2.75) is 46.3 Å². The number of nitrogens with zero attached hydrogens (tertiary/aromatic N) is 2. The number of amides is 2. The summed E-state index contributed by atoms with van der Waals surface area (Å²) < 4.78 is 12.5. The summed E-state index contributed by atoms with van der Waals surface area (Å²) in [5, 5.41) is 0.592. The topological polar surface area (TPSA) is 103 Å². The van der Waals surface area contributed by atoms with E-state index in [4.69, 9.17) is 14.5 Å². The molecule has 1 aliphatic heterocycles. The molecule has 7 rings (SSSR count). The van der Waals surface area contributed by atoms with E-state index >= 15 is 0 Å². The fraction of sp³-hybridized carbons (Fsp3) is 0.233. The van der Waals surface area contributed by atoms with Gasteiger partial charge in [-0.3, -0.25) is 19.3 Å². The molecule has 0 saturated carbocycles. The Bertz CT molecular complexity index is 2220. The third-order valence-electron chi connectivity index (χ3n) is 9.89. The Morgan fingerprint density at radius 2 is 1.67 bits per heavy atom. The average Bonchev–Trinajstić information content (AvgIpc) is 3.43. The number of aryl methyl sites for hydroxylation is 1. The van der Waals surface area contributed by atoms with Crippen molar-refractivity contribution in [1.29, 1.82) is 0 Å². The number of anilines is 1. The van der Waals surface area contributed by atoms with Crippen LogP contribution in [-0.4, -0.2) is 34.7 Å². The highest BCUT2D eigenvalue weighted by atomic mass is 79.9. The van der Waals surface area contributed by atoms with Crippen LogP contribution in [0, 0.1) is 17.8 Å². The molecule has 2 heterocycles. The lowest BCUT2D eigenvalue weighted by molar-refractivity contribution is -0.122. The lowest BCUT2D eigenvalue weighted by atomic mass is 9.78. The van der Waals surface area contributed by atoms with Gasteiger partial charge in [0, 0.05) is 21.0 Å². The number of carbonyl (C=O) groups is 4.